The summed E-state index contributed by atoms with van der Waals surface area (Å²) in [5, 5.41) is 3.15. The van der Waals surface area contributed by atoms with Crippen molar-refractivity contribution in [2.75, 3.05) is 19.5 Å². The Morgan fingerprint density at radius 3 is 2.21 bits per heavy atom. The fourth-order valence-corrected chi connectivity index (χ4v) is 3.51. The minimum absolute atomic E-state index is 0.0539. The maximum Gasteiger partial charge on any atom is 0.329 e. The molecule has 0 saturated carbocycles. The zero-order valence-electron chi connectivity index (χ0n) is 18.5. The van der Waals surface area contributed by atoms with Gasteiger partial charge in [-0.05, 0) is 42.8 Å². The molecule has 8 heteroatoms. The van der Waals surface area contributed by atoms with Gasteiger partial charge in [0.15, 0.2) is 11.5 Å². The summed E-state index contributed by atoms with van der Waals surface area (Å²) < 4.78 is 11.6. The number of benzene rings is 3. The third kappa shape index (κ3) is 4.50. The van der Waals surface area contributed by atoms with Crippen molar-refractivity contribution in [3.63, 3.8) is 0 Å². The quantitative estimate of drug-likeness (QED) is 0.474. The number of aromatic nitrogens is 2. The van der Waals surface area contributed by atoms with E-state index in [1.54, 1.807) is 36.4 Å². The van der Waals surface area contributed by atoms with Crippen molar-refractivity contribution >= 4 is 22.5 Å². The second kappa shape index (κ2) is 9.04. The molecule has 1 aromatic heterocycles. The number of hydrogen-bond donors (Lipinski definition) is 2. The summed E-state index contributed by atoms with van der Waals surface area (Å²) >= 11 is 0. The van der Waals surface area contributed by atoms with Crippen LogP contribution in [0.15, 0.2) is 70.3 Å². The maximum absolute atomic E-state index is 13.0. The topological polar surface area (TPSA) is 102 Å². The van der Waals surface area contributed by atoms with Gasteiger partial charge in [-0.3, -0.25) is 14.2 Å². The number of hydrogen-bond acceptors (Lipinski definition) is 5. The van der Waals surface area contributed by atoms with Gasteiger partial charge in [0.05, 0.1) is 31.7 Å². The molecular formula is C25H23N3O5. The van der Waals surface area contributed by atoms with Crippen LogP contribution < -0.4 is 26.0 Å². The molecule has 0 saturated heterocycles. The molecule has 33 heavy (non-hydrogen) atoms. The molecule has 4 aromatic rings. The van der Waals surface area contributed by atoms with Crippen LogP contribution in [0.3, 0.4) is 0 Å². The van der Waals surface area contributed by atoms with Gasteiger partial charge < -0.3 is 19.8 Å². The number of aromatic amines is 1. The van der Waals surface area contributed by atoms with Crippen LogP contribution in [-0.2, 0) is 6.54 Å². The van der Waals surface area contributed by atoms with Crippen LogP contribution in [0, 0.1) is 6.92 Å². The van der Waals surface area contributed by atoms with E-state index in [2.05, 4.69) is 10.3 Å². The largest absolute Gasteiger partial charge is 0.493 e. The Morgan fingerprint density at radius 1 is 0.939 bits per heavy atom. The SMILES string of the molecule is COc1cc2[nH]c(=O)n(Cc3ccc(C(=O)Nc4ccc(C)cc4)cc3)c(=O)c2cc1OC. The molecule has 0 aliphatic carbocycles. The van der Waals surface area contributed by atoms with Gasteiger partial charge in [-0.2, -0.15) is 0 Å². The van der Waals surface area contributed by atoms with Gasteiger partial charge in [-0.1, -0.05) is 29.8 Å². The molecule has 4 rings (SSSR count). The lowest BCUT2D eigenvalue weighted by atomic mass is 10.1. The number of ether oxygens (including phenoxy) is 2. The Kier molecular flexibility index (Phi) is 5.99. The number of rotatable bonds is 6. The monoisotopic (exact) mass is 445 g/mol. The molecule has 0 aliphatic heterocycles. The van der Waals surface area contributed by atoms with Crippen molar-refractivity contribution in [1.29, 1.82) is 0 Å². The van der Waals surface area contributed by atoms with E-state index >= 15 is 0 Å². The number of aryl methyl sites for hydroxylation is 1. The molecule has 168 valence electrons. The van der Waals surface area contributed by atoms with E-state index in [0.29, 0.717) is 39.2 Å². The van der Waals surface area contributed by atoms with Crippen LogP contribution in [0.5, 0.6) is 11.5 Å². The predicted octanol–water partition coefficient (Wildman–Crippen LogP) is 3.32. The Hall–Kier alpha value is -4.33. The first kappa shape index (κ1) is 21.9. The first-order chi connectivity index (χ1) is 15.9. The van der Waals surface area contributed by atoms with Gasteiger partial charge in [-0.15, -0.1) is 0 Å². The van der Waals surface area contributed by atoms with Crippen LogP contribution in [0.1, 0.15) is 21.5 Å². The smallest absolute Gasteiger partial charge is 0.329 e. The summed E-state index contributed by atoms with van der Waals surface area (Å²) in [7, 11) is 2.96. The lowest BCUT2D eigenvalue weighted by molar-refractivity contribution is 0.102. The number of H-pyrrole nitrogens is 1. The van der Waals surface area contributed by atoms with E-state index in [0.717, 1.165) is 10.1 Å². The summed E-state index contributed by atoms with van der Waals surface area (Å²) in [5.41, 5.74) is 2.36. The molecule has 0 aliphatic rings. The van der Waals surface area contributed by atoms with E-state index in [4.69, 9.17) is 9.47 Å². The molecule has 1 heterocycles. The molecule has 0 radical (unpaired) electrons. The van der Waals surface area contributed by atoms with E-state index in [9.17, 15) is 14.4 Å². The molecule has 2 N–H and O–H groups in total. The van der Waals surface area contributed by atoms with Crippen LogP contribution in [0.2, 0.25) is 0 Å². The molecule has 3 aromatic carbocycles. The van der Waals surface area contributed by atoms with Gasteiger partial charge in [0.1, 0.15) is 0 Å². The van der Waals surface area contributed by atoms with E-state index < -0.39 is 11.2 Å². The van der Waals surface area contributed by atoms with Crippen molar-refractivity contribution in [3.05, 3.63) is 98.2 Å². The summed E-state index contributed by atoms with van der Waals surface area (Å²) in [4.78, 5) is 40.8. The Balaban J connectivity index is 1.59. The van der Waals surface area contributed by atoms with Crippen molar-refractivity contribution < 1.29 is 14.3 Å². The van der Waals surface area contributed by atoms with Crippen LogP contribution in [0.25, 0.3) is 10.9 Å². The maximum atomic E-state index is 13.0. The number of carbonyl (C=O) groups is 1. The highest BCUT2D eigenvalue weighted by atomic mass is 16.5. The molecule has 8 nitrogen and oxygen atoms in total. The summed E-state index contributed by atoms with van der Waals surface area (Å²) in [6.45, 7) is 2.03. The van der Waals surface area contributed by atoms with E-state index in [1.807, 2.05) is 31.2 Å². The van der Waals surface area contributed by atoms with Gasteiger partial charge in [0, 0.05) is 17.3 Å². The molecule has 0 unspecified atom stereocenters. The summed E-state index contributed by atoms with van der Waals surface area (Å²) in [5.74, 6) is 0.564. The highest BCUT2D eigenvalue weighted by molar-refractivity contribution is 6.04. The lowest BCUT2D eigenvalue weighted by Crippen LogP contribution is -2.35. The molecular weight excluding hydrogens is 422 g/mol. The Bertz CT molecular complexity index is 1430. The molecule has 1 amide bonds. The number of carbonyl (C=O) groups excluding carboxylic acids is 1. The summed E-state index contributed by atoms with van der Waals surface area (Å²) in [6.07, 6.45) is 0. The average molecular weight is 445 g/mol. The standard InChI is InChI=1S/C25H23N3O5/c1-15-4-10-18(11-5-15)26-23(29)17-8-6-16(7-9-17)14-28-24(30)19-12-21(32-2)22(33-3)13-20(19)27-25(28)31/h4-13H,14H2,1-3H3,(H,26,29)(H,27,31). The second-order valence-electron chi connectivity index (χ2n) is 7.59. The van der Waals surface area contributed by atoms with Crippen LogP contribution >= 0.6 is 0 Å². The number of anilines is 1. The fourth-order valence-electron chi connectivity index (χ4n) is 3.51. The second-order valence-corrected chi connectivity index (χ2v) is 7.59. The number of amides is 1. The zero-order chi connectivity index (χ0) is 23.5. The average Bonchev–Trinajstić information content (AvgIpc) is 2.82. The molecule has 0 fully saturated rings. The summed E-state index contributed by atoms with van der Waals surface area (Å²) in [6, 6.07) is 17.4. The van der Waals surface area contributed by atoms with Crippen molar-refractivity contribution in [1.82, 2.24) is 9.55 Å². The first-order valence-corrected chi connectivity index (χ1v) is 10.3. The van der Waals surface area contributed by atoms with Crippen molar-refractivity contribution in [2.24, 2.45) is 0 Å². The van der Waals surface area contributed by atoms with Crippen molar-refractivity contribution in [2.45, 2.75) is 13.5 Å². The van der Waals surface area contributed by atoms with Gasteiger partial charge in [-0.25, -0.2) is 4.79 Å². The number of fused-ring (bicyclic) bond motifs is 1. The van der Waals surface area contributed by atoms with Gasteiger partial charge in [0.25, 0.3) is 11.5 Å². The molecule has 0 bridgehead atoms. The highest BCUT2D eigenvalue weighted by Crippen LogP contribution is 2.29. The molecule has 0 atom stereocenters. The Labute approximate surface area is 189 Å². The number of nitrogens with zero attached hydrogens (tertiary/aromatic N) is 1. The highest BCUT2D eigenvalue weighted by Gasteiger charge is 2.13. The fraction of sp³-hybridized carbons (Fsp3) is 0.160. The minimum Gasteiger partial charge on any atom is -0.493 e. The lowest BCUT2D eigenvalue weighted by Gasteiger charge is -2.11. The molecule has 0 spiro atoms. The van der Waals surface area contributed by atoms with Crippen LogP contribution in [-0.4, -0.2) is 29.7 Å². The van der Waals surface area contributed by atoms with E-state index in [-0.39, 0.29) is 12.5 Å². The van der Waals surface area contributed by atoms with Crippen LogP contribution in [0.4, 0.5) is 5.69 Å². The van der Waals surface area contributed by atoms with Gasteiger partial charge in [0.2, 0.25) is 0 Å². The first-order valence-electron chi connectivity index (χ1n) is 10.3. The third-order valence-electron chi connectivity index (χ3n) is 5.35. The third-order valence-corrected chi connectivity index (χ3v) is 5.35. The van der Waals surface area contributed by atoms with Crippen molar-refractivity contribution in [3.8, 4) is 11.5 Å². The zero-order valence-corrected chi connectivity index (χ0v) is 18.5. The number of nitrogens with one attached hydrogen (secondary N) is 2. The normalized spacial score (nSPS) is 10.8. The number of methoxy groups -OCH3 is 2. The minimum atomic E-state index is -0.541. The van der Waals surface area contributed by atoms with Gasteiger partial charge >= 0.3 is 5.69 Å². The predicted molar refractivity (Wildman–Crippen MR) is 127 cm³/mol. The van der Waals surface area contributed by atoms with E-state index in [1.165, 1.54) is 14.2 Å². The Morgan fingerprint density at radius 2 is 1.58 bits per heavy atom.